The van der Waals surface area contributed by atoms with Crippen molar-refractivity contribution in [1.29, 1.82) is 0 Å². The minimum atomic E-state index is -0.277. The van der Waals surface area contributed by atoms with Gasteiger partial charge in [-0.2, -0.15) is 0 Å². The van der Waals surface area contributed by atoms with Crippen molar-refractivity contribution in [2.24, 2.45) is 0 Å². The van der Waals surface area contributed by atoms with Gasteiger partial charge < -0.3 is 19.2 Å². The third-order valence-corrected chi connectivity index (χ3v) is 3.87. The summed E-state index contributed by atoms with van der Waals surface area (Å²) in [6.07, 6.45) is 0. The number of hydrogen-bond acceptors (Lipinski definition) is 4. The molecule has 5 heteroatoms. The maximum Gasteiger partial charge on any atom is 0.255 e. The van der Waals surface area contributed by atoms with Crippen LogP contribution in [0.25, 0.3) is 11.0 Å². The first-order valence-electron chi connectivity index (χ1n) is 7.64. The maximum absolute atomic E-state index is 12.6. The Hall–Kier alpha value is -2.95. The van der Waals surface area contributed by atoms with Crippen molar-refractivity contribution in [3.05, 3.63) is 59.9 Å². The number of nitrogens with one attached hydrogen (secondary N) is 1. The van der Waals surface area contributed by atoms with Gasteiger partial charge in [0.15, 0.2) is 11.5 Å². The van der Waals surface area contributed by atoms with Gasteiger partial charge in [0.1, 0.15) is 11.3 Å². The van der Waals surface area contributed by atoms with Crippen molar-refractivity contribution in [3.8, 4) is 11.5 Å². The highest BCUT2D eigenvalue weighted by Crippen LogP contribution is 2.31. The predicted molar refractivity (Wildman–Crippen MR) is 91.6 cm³/mol. The number of carbonyl (C=O) groups is 1. The van der Waals surface area contributed by atoms with Crippen molar-refractivity contribution >= 4 is 16.9 Å². The van der Waals surface area contributed by atoms with E-state index in [1.165, 1.54) is 14.2 Å². The topological polar surface area (TPSA) is 60.7 Å². The summed E-state index contributed by atoms with van der Waals surface area (Å²) in [7, 11) is 3.05. The summed E-state index contributed by atoms with van der Waals surface area (Å²) in [5.74, 6) is 1.38. The van der Waals surface area contributed by atoms with Gasteiger partial charge in [0.05, 0.1) is 25.8 Å². The summed E-state index contributed by atoms with van der Waals surface area (Å²) >= 11 is 0. The smallest absolute Gasteiger partial charge is 0.255 e. The molecule has 0 aliphatic rings. The molecule has 0 aliphatic carbocycles. The Morgan fingerprint density at radius 3 is 2.58 bits per heavy atom. The van der Waals surface area contributed by atoms with Crippen LogP contribution in [0.4, 0.5) is 0 Å². The molecule has 1 aromatic heterocycles. The number of hydrogen-bond donors (Lipinski definition) is 1. The molecule has 3 aromatic rings. The second-order valence-corrected chi connectivity index (χ2v) is 5.42. The van der Waals surface area contributed by atoms with Crippen LogP contribution in [-0.4, -0.2) is 20.1 Å². The van der Waals surface area contributed by atoms with Crippen LogP contribution in [0.2, 0.25) is 0 Å². The lowest BCUT2D eigenvalue weighted by molar-refractivity contribution is 0.0932. The Labute approximate surface area is 140 Å². The van der Waals surface area contributed by atoms with E-state index in [1.54, 1.807) is 18.2 Å². The molecule has 0 bridgehead atoms. The number of amides is 1. The molecule has 2 aromatic carbocycles. The van der Waals surface area contributed by atoms with Gasteiger partial charge in [-0.1, -0.05) is 24.3 Å². The van der Waals surface area contributed by atoms with Crippen molar-refractivity contribution in [3.63, 3.8) is 0 Å². The van der Waals surface area contributed by atoms with Crippen molar-refractivity contribution in [1.82, 2.24) is 5.32 Å². The Balaban J connectivity index is 1.84. The van der Waals surface area contributed by atoms with Gasteiger partial charge in [-0.15, -0.1) is 0 Å². The van der Waals surface area contributed by atoms with Crippen molar-refractivity contribution in [2.75, 3.05) is 14.2 Å². The second kappa shape index (κ2) is 6.66. The molecule has 0 unspecified atom stereocenters. The first-order chi connectivity index (χ1) is 11.6. The Kier molecular flexibility index (Phi) is 4.42. The van der Waals surface area contributed by atoms with Gasteiger partial charge in [0.2, 0.25) is 0 Å². The molecule has 1 amide bonds. The molecule has 0 saturated heterocycles. The van der Waals surface area contributed by atoms with E-state index in [1.807, 2.05) is 37.3 Å². The first kappa shape index (κ1) is 15.9. The summed E-state index contributed by atoms with van der Waals surface area (Å²) in [4.78, 5) is 12.6. The fourth-order valence-corrected chi connectivity index (χ4v) is 2.63. The largest absolute Gasteiger partial charge is 0.493 e. The molecular weight excluding hydrogens is 306 g/mol. The van der Waals surface area contributed by atoms with Gasteiger partial charge in [-0.05, 0) is 31.2 Å². The molecule has 24 heavy (non-hydrogen) atoms. The van der Waals surface area contributed by atoms with Crippen LogP contribution in [0.3, 0.4) is 0 Å². The van der Waals surface area contributed by atoms with Gasteiger partial charge in [-0.3, -0.25) is 4.79 Å². The molecule has 124 valence electrons. The average molecular weight is 325 g/mol. The maximum atomic E-state index is 12.6. The highest BCUT2D eigenvalue weighted by Gasteiger charge is 2.20. The Morgan fingerprint density at radius 2 is 1.88 bits per heavy atom. The summed E-state index contributed by atoms with van der Waals surface area (Å²) < 4.78 is 16.3. The molecule has 3 rings (SSSR count). The third-order valence-electron chi connectivity index (χ3n) is 3.87. The SMILES string of the molecule is COc1cccc(C(=O)N[C@H](C)c2cc3ccccc3o2)c1OC. The first-order valence-corrected chi connectivity index (χ1v) is 7.64. The molecular formula is C19H19NO4. The van der Waals surface area contributed by atoms with E-state index in [9.17, 15) is 4.79 Å². The molecule has 0 spiro atoms. The number of rotatable bonds is 5. The minimum Gasteiger partial charge on any atom is -0.493 e. The van der Waals surface area contributed by atoms with Crippen LogP contribution in [0.5, 0.6) is 11.5 Å². The number of methoxy groups -OCH3 is 2. The zero-order chi connectivity index (χ0) is 17.1. The summed E-state index contributed by atoms with van der Waals surface area (Å²) in [6.45, 7) is 1.88. The standard InChI is InChI=1S/C19H19NO4/c1-12(17-11-13-7-4-5-9-15(13)24-17)20-19(21)14-8-6-10-16(22-2)18(14)23-3/h4-12H,1-3H3,(H,20,21)/t12-/m1/s1. The van der Waals surface area contributed by atoms with Crippen LogP contribution in [0.1, 0.15) is 29.1 Å². The molecule has 0 radical (unpaired) electrons. The third kappa shape index (κ3) is 2.93. The van der Waals surface area contributed by atoms with E-state index in [0.717, 1.165) is 11.0 Å². The number of ether oxygens (including phenoxy) is 2. The molecule has 0 aliphatic heterocycles. The van der Waals surface area contributed by atoms with E-state index in [-0.39, 0.29) is 11.9 Å². The predicted octanol–water partition coefficient (Wildman–Crippen LogP) is 3.94. The number of furan rings is 1. The van der Waals surface area contributed by atoms with E-state index in [4.69, 9.17) is 13.9 Å². The van der Waals surface area contributed by atoms with E-state index >= 15 is 0 Å². The molecule has 0 fully saturated rings. The Morgan fingerprint density at radius 1 is 1.08 bits per heavy atom. The number of para-hydroxylation sites is 2. The zero-order valence-electron chi connectivity index (χ0n) is 13.8. The minimum absolute atomic E-state index is 0.251. The average Bonchev–Trinajstić information content (AvgIpc) is 3.05. The molecule has 0 saturated carbocycles. The normalized spacial score (nSPS) is 12.0. The lowest BCUT2D eigenvalue weighted by Gasteiger charge is -2.15. The van der Waals surface area contributed by atoms with Gasteiger partial charge in [0.25, 0.3) is 5.91 Å². The number of benzene rings is 2. The van der Waals surface area contributed by atoms with Crippen LogP contribution in [-0.2, 0) is 0 Å². The molecule has 5 nitrogen and oxygen atoms in total. The zero-order valence-corrected chi connectivity index (χ0v) is 13.8. The highest BCUT2D eigenvalue weighted by atomic mass is 16.5. The van der Waals surface area contributed by atoms with Gasteiger partial charge >= 0.3 is 0 Å². The van der Waals surface area contributed by atoms with E-state index in [2.05, 4.69) is 5.32 Å². The van der Waals surface area contributed by atoms with Crippen molar-refractivity contribution < 1.29 is 18.7 Å². The molecule has 1 heterocycles. The molecule has 1 atom stereocenters. The lowest BCUT2D eigenvalue weighted by atomic mass is 10.1. The fraction of sp³-hybridized carbons (Fsp3) is 0.211. The Bertz CT molecular complexity index is 836. The quantitative estimate of drug-likeness (QED) is 0.772. The summed E-state index contributed by atoms with van der Waals surface area (Å²) in [5.41, 5.74) is 1.22. The monoisotopic (exact) mass is 325 g/mol. The lowest BCUT2D eigenvalue weighted by Crippen LogP contribution is -2.26. The van der Waals surface area contributed by atoms with Crippen molar-refractivity contribution in [2.45, 2.75) is 13.0 Å². The highest BCUT2D eigenvalue weighted by molar-refractivity contribution is 5.98. The summed E-state index contributed by atoms with van der Waals surface area (Å²) in [5, 5.41) is 3.94. The number of carbonyl (C=O) groups excluding carboxylic acids is 1. The van der Waals surface area contributed by atoms with Crippen LogP contribution in [0, 0.1) is 0 Å². The van der Waals surface area contributed by atoms with Crippen LogP contribution < -0.4 is 14.8 Å². The second-order valence-electron chi connectivity index (χ2n) is 5.42. The van der Waals surface area contributed by atoms with E-state index < -0.39 is 0 Å². The van der Waals surface area contributed by atoms with Crippen LogP contribution >= 0.6 is 0 Å². The van der Waals surface area contributed by atoms with Gasteiger partial charge in [-0.25, -0.2) is 0 Å². The summed E-state index contributed by atoms with van der Waals surface area (Å²) in [6, 6.07) is 14.6. The number of fused-ring (bicyclic) bond motifs is 1. The fourth-order valence-electron chi connectivity index (χ4n) is 2.63. The molecule has 1 N–H and O–H groups in total. The van der Waals surface area contributed by atoms with E-state index in [0.29, 0.717) is 22.8 Å². The van der Waals surface area contributed by atoms with Gasteiger partial charge in [0, 0.05) is 5.39 Å². The van der Waals surface area contributed by atoms with Crippen LogP contribution in [0.15, 0.2) is 52.9 Å².